The summed E-state index contributed by atoms with van der Waals surface area (Å²) in [6.07, 6.45) is 4.16. The van der Waals surface area contributed by atoms with Crippen LogP contribution in [0.3, 0.4) is 0 Å². The first-order valence-electron chi connectivity index (χ1n) is 9.02. The molecule has 0 radical (unpaired) electrons. The lowest BCUT2D eigenvalue weighted by atomic mass is 9.93. The zero-order chi connectivity index (χ0) is 17.2. The third-order valence-corrected chi connectivity index (χ3v) is 5.32. The van der Waals surface area contributed by atoms with E-state index in [-0.39, 0.29) is 5.92 Å². The fourth-order valence-corrected chi connectivity index (χ4v) is 3.70. The number of nitrogens with zero attached hydrogens (tertiary/aromatic N) is 3. The summed E-state index contributed by atoms with van der Waals surface area (Å²) in [7, 11) is 3.86. The van der Waals surface area contributed by atoms with E-state index in [1.54, 1.807) is 7.11 Å². The van der Waals surface area contributed by atoms with Crippen LogP contribution in [-0.4, -0.2) is 48.9 Å². The van der Waals surface area contributed by atoms with Gasteiger partial charge in [0.15, 0.2) is 5.82 Å². The summed E-state index contributed by atoms with van der Waals surface area (Å²) in [5.41, 5.74) is 1.13. The van der Waals surface area contributed by atoms with Crippen LogP contribution in [0.4, 0.5) is 0 Å². The first-order valence-corrected chi connectivity index (χ1v) is 9.02. The molecule has 1 fully saturated rings. The molecule has 3 heterocycles. The Labute approximate surface area is 148 Å². The Balaban J connectivity index is 1.42. The van der Waals surface area contributed by atoms with Crippen molar-refractivity contribution >= 4 is 0 Å². The van der Waals surface area contributed by atoms with Gasteiger partial charge in [0, 0.05) is 6.42 Å². The molecule has 1 aromatic carbocycles. The molecule has 0 spiro atoms. The van der Waals surface area contributed by atoms with Crippen molar-refractivity contribution in [2.24, 2.45) is 5.92 Å². The first kappa shape index (κ1) is 16.4. The first-order chi connectivity index (χ1) is 12.2. The molecule has 6 heteroatoms. The zero-order valence-corrected chi connectivity index (χ0v) is 14.9. The van der Waals surface area contributed by atoms with Crippen LogP contribution in [0.5, 0.6) is 11.5 Å². The molecule has 2 aliphatic rings. The second-order valence-corrected chi connectivity index (χ2v) is 7.19. The number of piperidine rings is 1. The molecule has 1 unspecified atom stereocenters. The molecule has 134 valence electrons. The maximum absolute atomic E-state index is 5.87. The van der Waals surface area contributed by atoms with Crippen molar-refractivity contribution in [1.29, 1.82) is 0 Å². The molecule has 0 bridgehead atoms. The van der Waals surface area contributed by atoms with Gasteiger partial charge in [0.05, 0.1) is 13.0 Å². The highest BCUT2D eigenvalue weighted by Crippen LogP contribution is 2.34. The Kier molecular flexibility index (Phi) is 4.61. The summed E-state index contributed by atoms with van der Waals surface area (Å²) < 4.78 is 16.7. The highest BCUT2D eigenvalue weighted by molar-refractivity contribution is 5.42. The Morgan fingerprint density at radius 3 is 2.92 bits per heavy atom. The molecule has 1 saturated heterocycles. The van der Waals surface area contributed by atoms with Crippen LogP contribution >= 0.6 is 0 Å². The topological polar surface area (TPSA) is 60.6 Å². The van der Waals surface area contributed by atoms with Crippen LogP contribution in [0.2, 0.25) is 0 Å². The fourth-order valence-electron chi connectivity index (χ4n) is 3.70. The highest BCUT2D eigenvalue weighted by Gasteiger charge is 2.27. The molecule has 0 aliphatic carbocycles. The predicted molar refractivity (Wildman–Crippen MR) is 93.2 cm³/mol. The van der Waals surface area contributed by atoms with Gasteiger partial charge in [-0.25, -0.2) is 0 Å². The number of hydrogen-bond acceptors (Lipinski definition) is 6. The number of likely N-dealkylation sites (tertiary alicyclic amines) is 1. The third kappa shape index (κ3) is 3.63. The van der Waals surface area contributed by atoms with Gasteiger partial charge in [-0.3, -0.25) is 0 Å². The number of ether oxygens (including phenoxy) is 2. The highest BCUT2D eigenvalue weighted by atomic mass is 16.5. The van der Waals surface area contributed by atoms with Crippen molar-refractivity contribution in [2.45, 2.75) is 31.6 Å². The molecular formula is C19H25N3O3. The van der Waals surface area contributed by atoms with E-state index in [0.717, 1.165) is 48.8 Å². The van der Waals surface area contributed by atoms with Crippen LogP contribution in [-0.2, 0) is 12.8 Å². The fraction of sp³-hybridized carbons (Fsp3) is 0.579. The Hall–Kier alpha value is -2.08. The van der Waals surface area contributed by atoms with Crippen LogP contribution in [0, 0.1) is 5.92 Å². The average Bonchev–Trinajstić information content (AvgIpc) is 3.11. The maximum Gasteiger partial charge on any atom is 0.233 e. The van der Waals surface area contributed by atoms with E-state index in [4.69, 9.17) is 14.0 Å². The quantitative estimate of drug-likeness (QED) is 0.851. The van der Waals surface area contributed by atoms with Crippen LogP contribution in [0.25, 0.3) is 0 Å². The minimum atomic E-state index is 0.110. The van der Waals surface area contributed by atoms with E-state index in [0.29, 0.717) is 18.4 Å². The van der Waals surface area contributed by atoms with Crippen molar-refractivity contribution in [3.8, 4) is 11.5 Å². The number of aromatic nitrogens is 2. The third-order valence-electron chi connectivity index (χ3n) is 5.32. The summed E-state index contributed by atoms with van der Waals surface area (Å²) in [6, 6.07) is 5.91. The number of hydrogen-bond donors (Lipinski definition) is 0. The standard InChI is InChI=1S/C19H25N3O3/c1-22-7-5-13(6-8-22)9-18-20-19(25-21-18)15-10-14-11-16(23-2)3-4-17(14)24-12-15/h3-4,11,13,15H,5-10,12H2,1-2H3. The van der Waals surface area contributed by atoms with Gasteiger partial charge >= 0.3 is 0 Å². The molecule has 1 atom stereocenters. The summed E-state index contributed by atoms with van der Waals surface area (Å²) in [5.74, 6) is 4.06. The van der Waals surface area contributed by atoms with E-state index in [1.165, 1.54) is 12.8 Å². The zero-order valence-electron chi connectivity index (χ0n) is 14.9. The van der Waals surface area contributed by atoms with Gasteiger partial charge in [-0.15, -0.1) is 0 Å². The maximum atomic E-state index is 5.87. The SMILES string of the molecule is COc1ccc2c(c1)CC(c1nc(CC3CCN(C)CC3)no1)CO2. The van der Waals surface area contributed by atoms with E-state index < -0.39 is 0 Å². The summed E-state index contributed by atoms with van der Waals surface area (Å²) in [6.45, 7) is 2.89. The molecule has 25 heavy (non-hydrogen) atoms. The molecule has 4 rings (SSSR count). The second-order valence-electron chi connectivity index (χ2n) is 7.19. The monoisotopic (exact) mass is 343 g/mol. The molecule has 1 aromatic heterocycles. The van der Waals surface area contributed by atoms with Crippen LogP contribution in [0.1, 0.15) is 36.0 Å². The van der Waals surface area contributed by atoms with E-state index in [9.17, 15) is 0 Å². The summed E-state index contributed by atoms with van der Waals surface area (Å²) in [5, 5.41) is 4.21. The van der Waals surface area contributed by atoms with Crippen LogP contribution in [0.15, 0.2) is 22.7 Å². The normalized spacial score (nSPS) is 21.6. The molecule has 0 amide bonds. The van der Waals surface area contributed by atoms with E-state index in [2.05, 4.69) is 22.1 Å². The van der Waals surface area contributed by atoms with Crippen molar-refractivity contribution in [3.05, 3.63) is 35.5 Å². The molecule has 2 aromatic rings. The second kappa shape index (κ2) is 7.04. The van der Waals surface area contributed by atoms with Crippen molar-refractivity contribution < 1.29 is 14.0 Å². The average molecular weight is 343 g/mol. The van der Waals surface area contributed by atoms with Gasteiger partial charge in [-0.05, 0) is 69.1 Å². The Morgan fingerprint density at radius 2 is 2.12 bits per heavy atom. The van der Waals surface area contributed by atoms with E-state index in [1.807, 2.05) is 18.2 Å². The van der Waals surface area contributed by atoms with Gasteiger partial charge < -0.3 is 18.9 Å². The Morgan fingerprint density at radius 1 is 1.28 bits per heavy atom. The van der Waals surface area contributed by atoms with Gasteiger partial charge in [-0.2, -0.15) is 4.98 Å². The molecule has 2 aliphatic heterocycles. The number of fused-ring (bicyclic) bond motifs is 1. The van der Waals surface area contributed by atoms with Gasteiger partial charge in [0.2, 0.25) is 5.89 Å². The van der Waals surface area contributed by atoms with Crippen molar-refractivity contribution in [1.82, 2.24) is 15.0 Å². The van der Waals surface area contributed by atoms with Gasteiger partial charge in [0.25, 0.3) is 0 Å². The van der Waals surface area contributed by atoms with Crippen molar-refractivity contribution in [2.75, 3.05) is 33.9 Å². The number of methoxy groups -OCH3 is 1. The lowest BCUT2D eigenvalue weighted by molar-refractivity contribution is 0.215. The van der Waals surface area contributed by atoms with Crippen LogP contribution < -0.4 is 9.47 Å². The van der Waals surface area contributed by atoms with Crippen molar-refractivity contribution in [3.63, 3.8) is 0 Å². The predicted octanol–water partition coefficient (Wildman–Crippen LogP) is 2.68. The summed E-state index contributed by atoms with van der Waals surface area (Å²) in [4.78, 5) is 7.04. The Bertz CT molecular complexity index is 722. The minimum absolute atomic E-state index is 0.110. The molecule has 0 N–H and O–H groups in total. The number of benzene rings is 1. The van der Waals surface area contributed by atoms with E-state index >= 15 is 0 Å². The lowest BCUT2D eigenvalue weighted by Crippen LogP contribution is -2.31. The lowest BCUT2D eigenvalue weighted by Gasteiger charge is -2.28. The minimum Gasteiger partial charge on any atom is -0.497 e. The molecule has 0 saturated carbocycles. The van der Waals surface area contributed by atoms with Gasteiger partial charge in [-0.1, -0.05) is 5.16 Å². The number of rotatable bonds is 4. The smallest absolute Gasteiger partial charge is 0.233 e. The van der Waals surface area contributed by atoms with Gasteiger partial charge in [0.1, 0.15) is 18.1 Å². The molecule has 6 nitrogen and oxygen atoms in total. The molecular weight excluding hydrogens is 318 g/mol. The summed E-state index contributed by atoms with van der Waals surface area (Å²) >= 11 is 0. The largest absolute Gasteiger partial charge is 0.497 e.